The average molecular weight is 478 g/mol. The highest BCUT2D eigenvalue weighted by atomic mass is 19.1. The molecule has 1 aromatic carbocycles. The number of ether oxygens (including phenoxy) is 1. The second-order valence-corrected chi connectivity index (χ2v) is 9.99. The van der Waals surface area contributed by atoms with E-state index in [2.05, 4.69) is 27.8 Å². The van der Waals surface area contributed by atoms with Gasteiger partial charge >= 0.3 is 6.09 Å². The zero-order valence-corrected chi connectivity index (χ0v) is 20.0. The monoisotopic (exact) mass is 477 g/mol. The van der Waals surface area contributed by atoms with Gasteiger partial charge < -0.3 is 15.4 Å². The lowest BCUT2D eigenvalue weighted by Crippen LogP contribution is -2.49. The van der Waals surface area contributed by atoms with Crippen LogP contribution < -0.4 is 10.6 Å². The fourth-order valence-electron chi connectivity index (χ4n) is 6.38. The number of hydrogen-bond donors (Lipinski definition) is 2. The number of nitrogens with zero attached hydrogens (tertiary/aromatic N) is 1. The molecule has 0 spiro atoms. The van der Waals surface area contributed by atoms with E-state index >= 15 is 0 Å². The number of allylic oxidation sites excluding steroid dienone is 1. The third-order valence-electron chi connectivity index (χ3n) is 7.90. The summed E-state index contributed by atoms with van der Waals surface area (Å²) in [5.74, 6) is 1.36. The van der Waals surface area contributed by atoms with Gasteiger partial charge in [0, 0.05) is 30.3 Å². The minimum atomic E-state index is -0.344. The molecule has 1 aliphatic heterocycles. The SMILES string of the molecule is CCOC(=O)N[C@@H]1CC[C@@H]2[C@@H](C1)C[C@H]1NC(=O)C[C@H]1[C@H]2/C=C/c1ccc(-c2cccc(F)c2)cn1. The molecule has 6 atom stereocenters. The van der Waals surface area contributed by atoms with Crippen molar-refractivity contribution in [2.45, 2.75) is 51.1 Å². The first-order valence-electron chi connectivity index (χ1n) is 12.6. The Morgan fingerprint density at radius 1 is 1.20 bits per heavy atom. The number of alkyl carbamates (subject to hydrolysis) is 1. The molecule has 1 aromatic heterocycles. The summed E-state index contributed by atoms with van der Waals surface area (Å²) in [5, 5.41) is 6.21. The summed E-state index contributed by atoms with van der Waals surface area (Å²) >= 11 is 0. The van der Waals surface area contributed by atoms with E-state index in [-0.39, 0.29) is 35.8 Å². The normalized spacial score (nSPS) is 29.8. The van der Waals surface area contributed by atoms with Gasteiger partial charge in [-0.25, -0.2) is 9.18 Å². The summed E-state index contributed by atoms with van der Waals surface area (Å²) in [7, 11) is 0. The number of fused-ring (bicyclic) bond motifs is 2. The molecule has 35 heavy (non-hydrogen) atoms. The number of hydrogen-bond acceptors (Lipinski definition) is 4. The van der Waals surface area contributed by atoms with Crippen LogP contribution in [-0.4, -0.2) is 35.7 Å². The Labute approximate surface area is 205 Å². The van der Waals surface area contributed by atoms with E-state index in [1.807, 2.05) is 18.2 Å². The summed E-state index contributed by atoms with van der Waals surface area (Å²) in [6, 6.07) is 10.7. The highest BCUT2D eigenvalue weighted by molar-refractivity contribution is 5.79. The van der Waals surface area contributed by atoms with Crippen LogP contribution in [0.3, 0.4) is 0 Å². The van der Waals surface area contributed by atoms with Gasteiger partial charge in [-0.1, -0.05) is 24.3 Å². The Hall–Kier alpha value is -3.22. The van der Waals surface area contributed by atoms with Crippen molar-refractivity contribution in [3.05, 3.63) is 60.2 Å². The summed E-state index contributed by atoms with van der Waals surface area (Å²) < 4.78 is 18.6. The smallest absolute Gasteiger partial charge is 0.407 e. The van der Waals surface area contributed by atoms with Gasteiger partial charge in [0.05, 0.1) is 12.3 Å². The molecule has 0 radical (unpaired) electrons. The third-order valence-corrected chi connectivity index (χ3v) is 7.90. The van der Waals surface area contributed by atoms with Crippen molar-refractivity contribution >= 4 is 18.1 Å². The van der Waals surface area contributed by atoms with Gasteiger partial charge in [0.15, 0.2) is 0 Å². The number of amides is 2. The van der Waals surface area contributed by atoms with E-state index in [0.717, 1.165) is 42.5 Å². The molecule has 3 fully saturated rings. The quantitative estimate of drug-likeness (QED) is 0.638. The first-order valence-corrected chi connectivity index (χ1v) is 12.6. The van der Waals surface area contributed by atoms with Crippen LogP contribution in [-0.2, 0) is 9.53 Å². The van der Waals surface area contributed by atoms with Crippen molar-refractivity contribution in [3.8, 4) is 11.1 Å². The largest absolute Gasteiger partial charge is 0.450 e. The molecule has 0 bridgehead atoms. The third kappa shape index (κ3) is 5.24. The molecule has 2 heterocycles. The number of benzene rings is 1. The number of halogens is 1. The zero-order valence-electron chi connectivity index (χ0n) is 20.0. The summed E-state index contributed by atoms with van der Waals surface area (Å²) in [6.07, 6.45) is 10.1. The molecule has 2 aliphatic carbocycles. The molecule has 2 aromatic rings. The van der Waals surface area contributed by atoms with Gasteiger partial charge in [0.25, 0.3) is 0 Å². The lowest BCUT2D eigenvalue weighted by Gasteiger charge is -2.47. The second kappa shape index (κ2) is 10.2. The van der Waals surface area contributed by atoms with Crippen LogP contribution in [0, 0.1) is 29.5 Å². The molecule has 2 saturated carbocycles. The van der Waals surface area contributed by atoms with Gasteiger partial charge in [-0.2, -0.15) is 0 Å². The van der Waals surface area contributed by atoms with Crippen molar-refractivity contribution in [1.82, 2.24) is 15.6 Å². The maximum Gasteiger partial charge on any atom is 0.407 e. The Morgan fingerprint density at radius 2 is 2.09 bits per heavy atom. The fourth-order valence-corrected chi connectivity index (χ4v) is 6.38. The number of carbonyl (C=O) groups excluding carboxylic acids is 2. The molecule has 7 heteroatoms. The van der Waals surface area contributed by atoms with E-state index in [9.17, 15) is 14.0 Å². The molecular formula is C28H32FN3O3. The number of carbonyl (C=O) groups is 2. The van der Waals surface area contributed by atoms with Crippen molar-refractivity contribution < 1.29 is 18.7 Å². The number of aromatic nitrogens is 1. The van der Waals surface area contributed by atoms with Crippen LogP contribution in [0.15, 0.2) is 48.7 Å². The Kier molecular flexibility index (Phi) is 6.84. The predicted octanol–water partition coefficient (Wildman–Crippen LogP) is 4.96. The van der Waals surface area contributed by atoms with Crippen LogP contribution in [0.4, 0.5) is 9.18 Å². The topological polar surface area (TPSA) is 80.3 Å². The highest BCUT2D eigenvalue weighted by Gasteiger charge is 2.49. The lowest BCUT2D eigenvalue weighted by molar-refractivity contribution is -0.119. The maximum atomic E-state index is 13.6. The van der Waals surface area contributed by atoms with Crippen molar-refractivity contribution in [2.24, 2.45) is 23.7 Å². The first kappa shape index (κ1) is 23.5. The van der Waals surface area contributed by atoms with Crippen LogP contribution in [0.25, 0.3) is 17.2 Å². The number of rotatable bonds is 5. The zero-order chi connectivity index (χ0) is 24.4. The minimum Gasteiger partial charge on any atom is -0.450 e. The summed E-state index contributed by atoms with van der Waals surface area (Å²) in [5.41, 5.74) is 2.52. The van der Waals surface area contributed by atoms with Crippen LogP contribution in [0.1, 0.15) is 44.7 Å². The van der Waals surface area contributed by atoms with E-state index < -0.39 is 0 Å². The van der Waals surface area contributed by atoms with Crippen LogP contribution in [0.5, 0.6) is 0 Å². The van der Waals surface area contributed by atoms with Crippen LogP contribution in [0.2, 0.25) is 0 Å². The number of nitrogens with one attached hydrogen (secondary N) is 2. The molecule has 0 unspecified atom stereocenters. The Balaban J connectivity index is 1.31. The molecule has 2 amide bonds. The highest BCUT2D eigenvalue weighted by Crippen LogP contribution is 2.49. The molecular weight excluding hydrogens is 445 g/mol. The van der Waals surface area contributed by atoms with Gasteiger partial charge in [0.2, 0.25) is 5.91 Å². The van der Waals surface area contributed by atoms with Gasteiger partial charge in [0.1, 0.15) is 5.82 Å². The maximum absolute atomic E-state index is 13.6. The van der Waals surface area contributed by atoms with Gasteiger partial charge in [-0.05, 0) is 86.1 Å². The second-order valence-electron chi connectivity index (χ2n) is 9.99. The Morgan fingerprint density at radius 3 is 2.86 bits per heavy atom. The van der Waals surface area contributed by atoms with E-state index in [4.69, 9.17) is 4.74 Å². The van der Waals surface area contributed by atoms with Crippen LogP contribution >= 0.6 is 0 Å². The Bertz CT molecular complexity index is 1100. The molecule has 1 saturated heterocycles. The van der Waals surface area contributed by atoms with Crippen molar-refractivity contribution in [1.29, 1.82) is 0 Å². The van der Waals surface area contributed by atoms with Gasteiger partial charge in [-0.15, -0.1) is 0 Å². The molecule has 6 nitrogen and oxygen atoms in total. The van der Waals surface area contributed by atoms with Crippen molar-refractivity contribution in [2.75, 3.05) is 6.61 Å². The molecule has 2 N–H and O–H groups in total. The predicted molar refractivity (Wildman–Crippen MR) is 132 cm³/mol. The van der Waals surface area contributed by atoms with E-state index in [1.165, 1.54) is 12.1 Å². The standard InChI is InChI=1S/C28H32FN3O3/c1-2-35-28(34)31-22-9-10-23-19(13-22)14-26-25(15-27(33)32-26)24(23)11-8-21-7-6-18(16-30-21)17-4-3-5-20(29)12-17/h3-8,11-12,16,19,22-26H,2,9-10,13-15H2,1H3,(H,31,34)(H,32,33)/b11-8+/t19-,22+,23+,24-,25-,26+/m0/s1. The summed E-state index contributed by atoms with van der Waals surface area (Å²) in [4.78, 5) is 28.8. The number of pyridine rings is 1. The first-order chi connectivity index (χ1) is 17.0. The lowest BCUT2D eigenvalue weighted by atomic mass is 9.59. The van der Waals surface area contributed by atoms with Gasteiger partial charge in [-0.3, -0.25) is 9.78 Å². The van der Waals surface area contributed by atoms with E-state index in [1.54, 1.807) is 19.2 Å². The molecule has 3 aliphatic rings. The minimum absolute atomic E-state index is 0.116. The van der Waals surface area contributed by atoms with E-state index in [0.29, 0.717) is 30.8 Å². The average Bonchev–Trinajstić information content (AvgIpc) is 3.22. The summed E-state index contributed by atoms with van der Waals surface area (Å²) in [6.45, 7) is 2.17. The van der Waals surface area contributed by atoms with Crippen molar-refractivity contribution in [3.63, 3.8) is 0 Å². The fraction of sp³-hybridized carbons (Fsp3) is 0.464. The molecule has 5 rings (SSSR count). The molecule has 184 valence electrons.